The highest BCUT2D eigenvalue weighted by Crippen LogP contribution is 2.44. The van der Waals surface area contributed by atoms with Crippen molar-refractivity contribution in [3.05, 3.63) is 95.6 Å². The van der Waals surface area contributed by atoms with Crippen molar-refractivity contribution < 1.29 is 24.2 Å². The summed E-state index contributed by atoms with van der Waals surface area (Å²) < 4.78 is 5.60. The van der Waals surface area contributed by atoms with Crippen molar-refractivity contribution >= 4 is 18.0 Å². The Labute approximate surface area is 204 Å². The summed E-state index contributed by atoms with van der Waals surface area (Å²) >= 11 is 0. The van der Waals surface area contributed by atoms with Crippen LogP contribution in [0.2, 0.25) is 0 Å². The molecular weight excluding hydrogens is 444 g/mol. The molecule has 0 fully saturated rings. The maximum Gasteiger partial charge on any atom is 0.407 e. The van der Waals surface area contributed by atoms with Gasteiger partial charge in [0.1, 0.15) is 12.6 Å². The minimum Gasteiger partial charge on any atom is -0.481 e. The molecule has 7 heteroatoms. The molecule has 180 valence electrons. The van der Waals surface area contributed by atoms with Gasteiger partial charge in [-0.05, 0) is 34.7 Å². The van der Waals surface area contributed by atoms with E-state index in [-0.39, 0.29) is 25.4 Å². The average molecular weight is 473 g/mol. The highest BCUT2D eigenvalue weighted by Gasteiger charge is 2.30. The molecule has 3 aromatic carbocycles. The summed E-state index contributed by atoms with van der Waals surface area (Å²) in [5.41, 5.74) is 5.32. The quantitative estimate of drug-likeness (QED) is 0.435. The number of rotatable bonds is 9. The average Bonchev–Trinajstić information content (AvgIpc) is 3.16. The van der Waals surface area contributed by atoms with Gasteiger partial charge in [0, 0.05) is 18.4 Å². The molecule has 3 aromatic rings. The number of carbonyl (C=O) groups excluding carboxylic acids is 2. The first kappa shape index (κ1) is 24.0. The Kier molecular flexibility index (Phi) is 7.45. The number of carboxylic acid groups (broad SMARTS) is 1. The zero-order valence-electron chi connectivity index (χ0n) is 19.4. The normalized spacial score (nSPS) is 13.7. The second-order valence-corrected chi connectivity index (χ2v) is 8.72. The second kappa shape index (κ2) is 10.9. The van der Waals surface area contributed by atoms with Gasteiger partial charge in [0.25, 0.3) is 0 Å². The van der Waals surface area contributed by atoms with E-state index >= 15 is 0 Å². The van der Waals surface area contributed by atoms with Crippen molar-refractivity contribution in [3.8, 4) is 11.1 Å². The van der Waals surface area contributed by atoms with Crippen LogP contribution in [-0.2, 0) is 20.7 Å². The van der Waals surface area contributed by atoms with Crippen LogP contribution in [0.4, 0.5) is 4.79 Å². The number of carboxylic acids is 1. The molecule has 0 radical (unpaired) electrons. The standard InChI is InChI=1S/C28H28N2O5/c1-18(15-26(31)32)29-27(33)25(16-19-9-3-2-4-10-19)30-28(34)35-17-24-22-13-7-5-11-20(22)21-12-6-8-14-23(21)24/h2-14,18,24-25H,15-17H2,1H3,(H,29,33)(H,30,34)(H,31,32)/t18-,25+/m0/s1. The third-order valence-corrected chi connectivity index (χ3v) is 6.10. The molecule has 3 N–H and O–H groups in total. The van der Waals surface area contributed by atoms with Crippen molar-refractivity contribution in [2.24, 2.45) is 0 Å². The number of carbonyl (C=O) groups is 3. The van der Waals surface area contributed by atoms with Crippen molar-refractivity contribution in [1.82, 2.24) is 10.6 Å². The van der Waals surface area contributed by atoms with E-state index in [9.17, 15) is 14.4 Å². The van der Waals surface area contributed by atoms with E-state index in [1.165, 1.54) is 0 Å². The highest BCUT2D eigenvalue weighted by molar-refractivity contribution is 5.86. The Bertz CT molecular complexity index is 1170. The van der Waals surface area contributed by atoms with Gasteiger partial charge in [-0.15, -0.1) is 0 Å². The lowest BCUT2D eigenvalue weighted by molar-refractivity contribution is -0.137. The first-order valence-corrected chi connectivity index (χ1v) is 11.6. The lowest BCUT2D eigenvalue weighted by atomic mass is 9.98. The minimum absolute atomic E-state index is 0.0925. The fourth-order valence-electron chi connectivity index (χ4n) is 4.50. The van der Waals surface area contributed by atoms with Crippen molar-refractivity contribution in [3.63, 3.8) is 0 Å². The van der Waals surface area contributed by atoms with E-state index in [0.717, 1.165) is 27.8 Å². The van der Waals surface area contributed by atoms with Crippen LogP contribution >= 0.6 is 0 Å². The number of ether oxygens (including phenoxy) is 1. The lowest BCUT2D eigenvalue weighted by Crippen LogP contribution is -2.50. The summed E-state index contributed by atoms with van der Waals surface area (Å²) in [6, 6.07) is 23.9. The van der Waals surface area contributed by atoms with Gasteiger partial charge in [-0.1, -0.05) is 78.9 Å². The Morgan fingerprint density at radius 1 is 0.857 bits per heavy atom. The maximum atomic E-state index is 12.9. The first-order chi connectivity index (χ1) is 16.9. The number of hydrogen-bond donors (Lipinski definition) is 3. The number of alkyl carbamates (subject to hydrolysis) is 1. The summed E-state index contributed by atoms with van der Waals surface area (Å²) in [6.07, 6.45) is -0.667. The van der Waals surface area contributed by atoms with Gasteiger partial charge in [-0.3, -0.25) is 9.59 Å². The monoisotopic (exact) mass is 472 g/mol. The maximum absolute atomic E-state index is 12.9. The van der Waals surface area contributed by atoms with Crippen LogP contribution in [0.25, 0.3) is 11.1 Å². The SMILES string of the molecule is C[C@@H](CC(=O)O)NC(=O)[C@@H](Cc1ccccc1)NC(=O)OCC1c2ccccc2-c2ccccc21. The molecule has 0 unspecified atom stereocenters. The van der Waals surface area contributed by atoms with Crippen molar-refractivity contribution in [1.29, 1.82) is 0 Å². The fourth-order valence-corrected chi connectivity index (χ4v) is 4.50. The summed E-state index contributed by atoms with van der Waals surface area (Å²) in [5.74, 6) is -1.57. The zero-order valence-corrected chi connectivity index (χ0v) is 19.4. The number of amides is 2. The van der Waals surface area contributed by atoms with E-state index in [1.807, 2.05) is 66.7 Å². The largest absolute Gasteiger partial charge is 0.481 e. The molecule has 0 saturated heterocycles. The third kappa shape index (κ3) is 5.87. The smallest absolute Gasteiger partial charge is 0.407 e. The number of hydrogen-bond acceptors (Lipinski definition) is 4. The van der Waals surface area contributed by atoms with Crippen LogP contribution in [0.5, 0.6) is 0 Å². The van der Waals surface area contributed by atoms with Crippen LogP contribution in [0.1, 0.15) is 36.0 Å². The topological polar surface area (TPSA) is 105 Å². The van der Waals surface area contributed by atoms with Gasteiger partial charge >= 0.3 is 12.1 Å². The van der Waals surface area contributed by atoms with E-state index in [1.54, 1.807) is 6.92 Å². The second-order valence-electron chi connectivity index (χ2n) is 8.72. The van der Waals surface area contributed by atoms with Gasteiger partial charge < -0.3 is 20.5 Å². The van der Waals surface area contributed by atoms with Crippen LogP contribution in [0.3, 0.4) is 0 Å². The molecule has 0 aliphatic heterocycles. The van der Waals surface area contributed by atoms with Crippen molar-refractivity contribution in [2.45, 2.75) is 37.8 Å². The highest BCUT2D eigenvalue weighted by atomic mass is 16.5. The molecule has 0 spiro atoms. The molecular formula is C28H28N2O5. The van der Waals surface area contributed by atoms with Crippen molar-refractivity contribution in [2.75, 3.05) is 6.61 Å². The number of aliphatic carboxylic acids is 1. The molecule has 0 bridgehead atoms. The Balaban J connectivity index is 1.44. The van der Waals surface area contributed by atoms with E-state index in [2.05, 4.69) is 22.8 Å². The molecule has 1 aliphatic carbocycles. The number of benzene rings is 3. The molecule has 1 aliphatic rings. The Morgan fingerprint density at radius 2 is 1.43 bits per heavy atom. The third-order valence-electron chi connectivity index (χ3n) is 6.10. The van der Waals surface area contributed by atoms with E-state index < -0.39 is 30.1 Å². The molecule has 0 heterocycles. The predicted octanol–water partition coefficient (Wildman–Crippen LogP) is 4.12. The van der Waals surface area contributed by atoms with Crippen LogP contribution in [0.15, 0.2) is 78.9 Å². The van der Waals surface area contributed by atoms with Gasteiger partial charge in [0.05, 0.1) is 6.42 Å². The molecule has 7 nitrogen and oxygen atoms in total. The molecule has 35 heavy (non-hydrogen) atoms. The van der Waals surface area contributed by atoms with Crippen LogP contribution < -0.4 is 10.6 Å². The molecule has 4 rings (SSSR count). The van der Waals surface area contributed by atoms with Gasteiger partial charge in [-0.25, -0.2) is 4.79 Å². The number of nitrogens with one attached hydrogen (secondary N) is 2. The Hall–Kier alpha value is -4.13. The summed E-state index contributed by atoms with van der Waals surface area (Å²) in [5, 5.41) is 14.3. The van der Waals surface area contributed by atoms with E-state index in [4.69, 9.17) is 9.84 Å². The molecule has 0 aromatic heterocycles. The lowest BCUT2D eigenvalue weighted by Gasteiger charge is -2.21. The van der Waals surface area contributed by atoms with E-state index in [0.29, 0.717) is 0 Å². The fraction of sp³-hybridized carbons (Fsp3) is 0.250. The summed E-state index contributed by atoms with van der Waals surface area (Å²) in [4.78, 5) is 36.6. The van der Waals surface area contributed by atoms with Gasteiger partial charge in [0.15, 0.2) is 0 Å². The zero-order chi connectivity index (χ0) is 24.8. The van der Waals surface area contributed by atoms with Crippen LogP contribution in [-0.4, -0.2) is 41.8 Å². The summed E-state index contributed by atoms with van der Waals surface area (Å²) in [6.45, 7) is 1.74. The molecule has 2 amide bonds. The predicted molar refractivity (Wildman–Crippen MR) is 132 cm³/mol. The molecule has 0 saturated carbocycles. The first-order valence-electron chi connectivity index (χ1n) is 11.6. The molecule has 2 atom stereocenters. The summed E-state index contributed by atoms with van der Waals surface area (Å²) in [7, 11) is 0. The Morgan fingerprint density at radius 3 is 2.03 bits per heavy atom. The number of fused-ring (bicyclic) bond motifs is 3. The van der Waals surface area contributed by atoms with Gasteiger partial charge in [0.2, 0.25) is 5.91 Å². The van der Waals surface area contributed by atoms with Crippen LogP contribution in [0, 0.1) is 0 Å². The van der Waals surface area contributed by atoms with Gasteiger partial charge in [-0.2, -0.15) is 0 Å². The minimum atomic E-state index is -1.01.